The molecule has 19 heavy (non-hydrogen) atoms. The number of hydrogen-bond acceptors (Lipinski definition) is 3. The molecule has 1 aromatic heterocycles. The maximum absolute atomic E-state index is 4.80. The van der Waals surface area contributed by atoms with Crippen molar-refractivity contribution in [1.29, 1.82) is 0 Å². The fourth-order valence-electron chi connectivity index (χ4n) is 2.50. The van der Waals surface area contributed by atoms with Gasteiger partial charge in [-0.05, 0) is 41.6 Å². The van der Waals surface area contributed by atoms with Crippen LogP contribution in [0.4, 0.5) is 5.82 Å². The topological polar surface area (TPSA) is 29.0 Å². The highest BCUT2D eigenvalue weighted by Gasteiger charge is 2.26. The molecule has 2 rings (SSSR count). The number of nitrogens with zero attached hydrogens (tertiary/aromatic N) is 3. The summed E-state index contributed by atoms with van der Waals surface area (Å²) in [6, 6.07) is 2.61. The quantitative estimate of drug-likeness (QED) is 0.726. The van der Waals surface area contributed by atoms with E-state index in [0.717, 1.165) is 28.7 Å². The Morgan fingerprint density at radius 2 is 1.89 bits per heavy atom. The number of halogens is 1. The van der Waals surface area contributed by atoms with E-state index in [9.17, 15) is 0 Å². The van der Waals surface area contributed by atoms with Crippen LogP contribution in [0.15, 0.2) is 10.7 Å². The van der Waals surface area contributed by atoms with Gasteiger partial charge in [0.05, 0.1) is 0 Å². The molecule has 0 bridgehead atoms. The molecular weight excluding hydrogens is 302 g/mol. The standard InChI is InChI=1S/C15H24BrN3/c1-10-6-7-11(2)19(9-10)13-8-12(16)17-14(18-13)15(3,4)5/h8,10-11H,6-7,9H2,1-5H3. The van der Waals surface area contributed by atoms with Gasteiger partial charge < -0.3 is 4.90 Å². The molecule has 0 spiro atoms. The molecule has 0 aromatic carbocycles. The molecule has 1 saturated heterocycles. The van der Waals surface area contributed by atoms with Gasteiger partial charge in [0.2, 0.25) is 0 Å². The number of rotatable bonds is 1. The van der Waals surface area contributed by atoms with E-state index < -0.39 is 0 Å². The van der Waals surface area contributed by atoms with E-state index in [-0.39, 0.29) is 5.41 Å². The molecule has 0 radical (unpaired) electrons. The van der Waals surface area contributed by atoms with Gasteiger partial charge in [0.1, 0.15) is 16.2 Å². The monoisotopic (exact) mass is 325 g/mol. The zero-order chi connectivity index (χ0) is 14.2. The van der Waals surface area contributed by atoms with Gasteiger partial charge in [-0.15, -0.1) is 0 Å². The van der Waals surface area contributed by atoms with Crippen molar-refractivity contribution >= 4 is 21.7 Å². The summed E-state index contributed by atoms with van der Waals surface area (Å²) in [6.45, 7) is 12.2. The molecule has 1 aliphatic rings. The molecule has 3 nitrogen and oxygen atoms in total. The molecule has 0 saturated carbocycles. The van der Waals surface area contributed by atoms with E-state index in [1.807, 2.05) is 6.07 Å². The van der Waals surface area contributed by atoms with E-state index in [1.165, 1.54) is 12.8 Å². The van der Waals surface area contributed by atoms with Crippen molar-refractivity contribution in [2.45, 2.75) is 58.9 Å². The summed E-state index contributed by atoms with van der Waals surface area (Å²) in [6.07, 6.45) is 2.56. The Labute approximate surface area is 125 Å². The zero-order valence-electron chi connectivity index (χ0n) is 12.6. The summed E-state index contributed by atoms with van der Waals surface area (Å²) in [5.41, 5.74) is -0.0246. The summed E-state index contributed by atoms with van der Waals surface area (Å²) in [7, 11) is 0. The molecule has 1 aromatic rings. The highest BCUT2D eigenvalue weighted by Crippen LogP contribution is 2.29. The van der Waals surface area contributed by atoms with Gasteiger partial charge >= 0.3 is 0 Å². The molecule has 1 aliphatic heterocycles. The average molecular weight is 326 g/mol. The second-order valence-electron chi connectivity index (χ2n) is 6.81. The predicted octanol–water partition coefficient (Wildman–Crippen LogP) is 4.16. The molecule has 0 aliphatic carbocycles. The smallest absolute Gasteiger partial charge is 0.137 e. The first-order valence-electron chi connectivity index (χ1n) is 7.09. The second-order valence-corrected chi connectivity index (χ2v) is 7.62. The van der Waals surface area contributed by atoms with Crippen LogP contribution in [0.25, 0.3) is 0 Å². The summed E-state index contributed by atoms with van der Waals surface area (Å²) in [4.78, 5) is 11.7. The van der Waals surface area contributed by atoms with Crippen molar-refractivity contribution in [3.05, 3.63) is 16.5 Å². The Hall–Kier alpha value is -0.640. The van der Waals surface area contributed by atoms with Crippen LogP contribution >= 0.6 is 15.9 Å². The van der Waals surface area contributed by atoms with E-state index in [1.54, 1.807) is 0 Å². The minimum absolute atomic E-state index is 0.0246. The Bertz CT molecular complexity index is 453. The van der Waals surface area contributed by atoms with Crippen LogP contribution in [0.3, 0.4) is 0 Å². The Kier molecular flexibility index (Phi) is 4.19. The summed E-state index contributed by atoms with van der Waals surface area (Å²) in [5, 5.41) is 0. The fraction of sp³-hybridized carbons (Fsp3) is 0.733. The van der Waals surface area contributed by atoms with E-state index in [4.69, 9.17) is 4.98 Å². The first kappa shape index (κ1) is 14.8. The lowest BCUT2D eigenvalue weighted by Crippen LogP contribution is -2.42. The van der Waals surface area contributed by atoms with Crippen molar-refractivity contribution in [2.75, 3.05) is 11.4 Å². The Morgan fingerprint density at radius 3 is 2.53 bits per heavy atom. The Balaban J connectivity index is 2.36. The lowest BCUT2D eigenvalue weighted by atomic mass is 9.94. The molecule has 0 N–H and O–H groups in total. The van der Waals surface area contributed by atoms with Gasteiger partial charge in [-0.2, -0.15) is 0 Å². The number of piperidine rings is 1. The van der Waals surface area contributed by atoms with Crippen molar-refractivity contribution < 1.29 is 0 Å². The van der Waals surface area contributed by atoms with E-state index in [0.29, 0.717) is 6.04 Å². The molecular formula is C15H24BrN3. The SMILES string of the molecule is CC1CCC(C)N(c2cc(Br)nc(C(C)(C)C)n2)C1. The molecule has 2 atom stereocenters. The van der Waals surface area contributed by atoms with Gasteiger partial charge in [0, 0.05) is 24.1 Å². The third-order valence-corrected chi connectivity index (χ3v) is 4.17. The largest absolute Gasteiger partial charge is 0.354 e. The van der Waals surface area contributed by atoms with Crippen LogP contribution in [0.5, 0.6) is 0 Å². The first-order valence-corrected chi connectivity index (χ1v) is 7.88. The van der Waals surface area contributed by atoms with Crippen LogP contribution in [0.1, 0.15) is 53.3 Å². The summed E-state index contributed by atoms with van der Waals surface area (Å²) in [5.74, 6) is 2.70. The van der Waals surface area contributed by atoms with E-state index >= 15 is 0 Å². The van der Waals surface area contributed by atoms with Gasteiger partial charge in [0.25, 0.3) is 0 Å². The summed E-state index contributed by atoms with van der Waals surface area (Å²) >= 11 is 3.53. The maximum Gasteiger partial charge on any atom is 0.137 e. The van der Waals surface area contributed by atoms with Crippen LogP contribution in [0, 0.1) is 5.92 Å². The maximum atomic E-state index is 4.80. The van der Waals surface area contributed by atoms with Crippen LogP contribution in [-0.2, 0) is 5.41 Å². The van der Waals surface area contributed by atoms with Gasteiger partial charge in [-0.3, -0.25) is 0 Å². The zero-order valence-corrected chi connectivity index (χ0v) is 14.2. The highest BCUT2D eigenvalue weighted by molar-refractivity contribution is 9.10. The number of anilines is 1. The van der Waals surface area contributed by atoms with Crippen molar-refractivity contribution in [3.63, 3.8) is 0 Å². The lowest BCUT2D eigenvalue weighted by molar-refractivity contribution is 0.387. The van der Waals surface area contributed by atoms with Gasteiger partial charge in [0.15, 0.2) is 0 Å². The fourth-order valence-corrected chi connectivity index (χ4v) is 2.87. The predicted molar refractivity (Wildman–Crippen MR) is 83.6 cm³/mol. The van der Waals surface area contributed by atoms with E-state index in [2.05, 4.69) is 60.4 Å². The molecule has 106 valence electrons. The number of aromatic nitrogens is 2. The third-order valence-electron chi connectivity index (χ3n) is 3.76. The summed E-state index contributed by atoms with van der Waals surface area (Å²) < 4.78 is 0.882. The van der Waals surface area contributed by atoms with Crippen molar-refractivity contribution in [2.24, 2.45) is 5.92 Å². The van der Waals surface area contributed by atoms with Crippen LogP contribution in [-0.4, -0.2) is 22.6 Å². The number of hydrogen-bond donors (Lipinski definition) is 0. The average Bonchev–Trinajstić information content (AvgIpc) is 2.30. The van der Waals surface area contributed by atoms with Gasteiger partial charge in [-0.25, -0.2) is 9.97 Å². The van der Waals surface area contributed by atoms with Crippen LogP contribution in [0.2, 0.25) is 0 Å². The molecule has 2 heterocycles. The second kappa shape index (κ2) is 5.39. The van der Waals surface area contributed by atoms with Crippen molar-refractivity contribution in [3.8, 4) is 0 Å². The Morgan fingerprint density at radius 1 is 1.21 bits per heavy atom. The third kappa shape index (κ3) is 3.47. The first-order chi connectivity index (χ1) is 8.77. The van der Waals surface area contributed by atoms with Gasteiger partial charge in [-0.1, -0.05) is 27.7 Å². The molecule has 2 unspecified atom stereocenters. The van der Waals surface area contributed by atoms with Crippen LogP contribution < -0.4 is 4.90 Å². The molecule has 0 amide bonds. The van der Waals surface area contributed by atoms with Crippen molar-refractivity contribution in [1.82, 2.24) is 9.97 Å². The molecule has 1 fully saturated rings. The normalized spacial score (nSPS) is 24.6. The minimum atomic E-state index is -0.0246. The minimum Gasteiger partial charge on any atom is -0.354 e. The highest BCUT2D eigenvalue weighted by atomic mass is 79.9. The molecule has 4 heteroatoms. The lowest BCUT2D eigenvalue weighted by Gasteiger charge is -2.38.